The molecule has 0 spiro atoms. The summed E-state index contributed by atoms with van der Waals surface area (Å²) in [4.78, 5) is 46.1. The van der Waals surface area contributed by atoms with Crippen LogP contribution in [0.3, 0.4) is 0 Å². The maximum absolute atomic E-state index is 14.5. The quantitative estimate of drug-likeness (QED) is 0.130. The van der Waals surface area contributed by atoms with Gasteiger partial charge in [0.15, 0.2) is 0 Å². The van der Waals surface area contributed by atoms with Gasteiger partial charge in [-0.15, -0.1) is 0 Å². The molecule has 1 heterocycles. The fourth-order valence-corrected chi connectivity index (χ4v) is 7.06. The molecule has 4 aromatic carbocycles. The number of aliphatic imine (C=N–C) groups is 1. The molecule has 3 aliphatic carbocycles. The molecule has 0 unspecified atom stereocenters. The third kappa shape index (κ3) is 3.43. The van der Waals surface area contributed by atoms with Gasteiger partial charge in [-0.1, -0.05) is 60.7 Å². The lowest BCUT2D eigenvalue weighted by molar-refractivity contribution is -0.384. The molecule has 202 valence electrons. The number of anilines is 1. The first kappa shape index (κ1) is 24.9. The van der Waals surface area contributed by atoms with E-state index >= 15 is 0 Å². The Morgan fingerprint density at radius 3 is 2.12 bits per heavy atom. The van der Waals surface area contributed by atoms with E-state index in [1.54, 1.807) is 48.7 Å². The number of para-hydroxylation sites is 2. The Morgan fingerprint density at radius 1 is 0.878 bits per heavy atom. The standard InChI is InChI=1S/C33H25N3O5/c1-2-41-21-17-15-20(16-18-21)35-31(37)29-28-22-9-3-5-11-24(22)33(30(29)32(35)38,25-12-6-4-10-23(25)28)19-34-26-13-7-8-14-27(26)36(39)40/h3-19,28-30H,2H2,1H3/t28?,29-,30-,33?/m1/s1. The highest BCUT2D eigenvalue weighted by atomic mass is 16.6. The summed E-state index contributed by atoms with van der Waals surface area (Å²) in [7, 11) is 0. The lowest BCUT2D eigenvalue weighted by Gasteiger charge is -2.52. The summed E-state index contributed by atoms with van der Waals surface area (Å²) in [6.45, 7) is 2.40. The van der Waals surface area contributed by atoms with Crippen LogP contribution < -0.4 is 9.64 Å². The average Bonchev–Trinajstić information content (AvgIpc) is 3.27. The number of nitro groups is 1. The number of hydrogen-bond donors (Lipinski definition) is 0. The molecule has 1 fully saturated rings. The molecule has 4 aliphatic rings. The monoisotopic (exact) mass is 543 g/mol. The van der Waals surface area contributed by atoms with Crippen molar-refractivity contribution in [3.8, 4) is 5.75 Å². The second kappa shape index (κ2) is 9.23. The second-order valence-electron chi connectivity index (χ2n) is 10.5. The molecular formula is C33H25N3O5. The first-order valence-corrected chi connectivity index (χ1v) is 13.6. The summed E-state index contributed by atoms with van der Waals surface area (Å²) >= 11 is 0. The Hall–Kier alpha value is -5.11. The zero-order valence-electron chi connectivity index (χ0n) is 22.1. The molecule has 2 bridgehead atoms. The van der Waals surface area contributed by atoms with Crippen LogP contribution in [0.15, 0.2) is 102 Å². The van der Waals surface area contributed by atoms with Crippen LogP contribution in [-0.4, -0.2) is 29.6 Å². The van der Waals surface area contributed by atoms with E-state index in [0.717, 1.165) is 22.3 Å². The van der Waals surface area contributed by atoms with Crippen LogP contribution in [0.4, 0.5) is 17.1 Å². The number of nitrogens with zero attached hydrogens (tertiary/aromatic N) is 3. The molecule has 0 N–H and O–H groups in total. The molecule has 2 amide bonds. The highest BCUT2D eigenvalue weighted by Crippen LogP contribution is 2.63. The summed E-state index contributed by atoms with van der Waals surface area (Å²) in [5.74, 6) is -1.66. The van der Waals surface area contributed by atoms with Crippen molar-refractivity contribution in [3.05, 3.63) is 129 Å². The normalized spacial score (nSPS) is 23.8. The zero-order valence-corrected chi connectivity index (χ0v) is 22.1. The number of nitro benzene ring substituents is 1. The summed E-state index contributed by atoms with van der Waals surface area (Å²) in [5, 5.41) is 11.8. The van der Waals surface area contributed by atoms with Crippen molar-refractivity contribution >= 4 is 35.1 Å². The Morgan fingerprint density at radius 2 is 1.49 bits per heavy atom. The van der Waals surface area contributed by atoms with E-state index in [0.29, 0.717) is 18.0 Å². The van der Waals surface area contributed by atoms with Gasteiger partial charge >= 0.3 is 0 Å². The van der Waals surface area contributed by atoms with Gasteiger partial charge in [0.2, 0.25) is 11.8 Å². The number of carbonyl (C=O) groups excluding carboxylic acids is 2. The van der Waals surface area contributed by atoms with Crippen molar-refractivity contribution in [1.29, 1.82) is 0 Å². The van der Waals surface area contributed by atoms with Gasteiger partial charge < -0.3 is 4.74 Å². The fraction of sp³-hybridized carbons (Fsp3) is 0.182. The van der Waals surface area contributed by atoms with Crippen LogP contribution in [0.2, 0.25) is 0 Å². The molecule has 8 nitrogen and oxygen atoms in total. The Kier molecular flexibility index (Phi) is 5.61. The largest absolute Gasteiger partial charge is 0.494 e. The summed E-state index contributed by atoms with van der Waals surface area (Å²) in [6.07, 6.45) is 1.67. The summed E-state index contributed by atoms with van der Waals surface area (Å²) in [5.41, 5.74) is 3.15. The van der Waals surface area contributed by atoms with Crippen molar-refractivity contribution in [3.63, 3.8) is 0 Å². The van der Waals surface area contributed by atoms with Crippen LogP contribution in [0.5, 0.6) is 5.75 Å². The van der Waals surface area contributed by atoms with E-state index in [9.17, 15) is 19.7 Å². The van der Waals surface area contributed by atoms with Gasteiger partial charge in [0.05, 0.1) is 34.5 Å². The molecule has 2 atom stereocenters. The van der Waals surface area contributed by atoms with Gasteiger partial charge in [-0.05, 0) is 59.5 Å². The van der Waals surface area contributed by atoms with Crippen LogP contribution in [0.25, 0.3) is 0 Å². The third-order valence-corrected chi connectivity index (χ3v) is 8.58. The van der Waals surface area contributed by atoms with Crippen molar-refractivity contribution in [1.82, 2.24) is 0 Å². The van der Waals surface area contributed by atoms with E-state index < -0.39 is 22.2 Å². The van der Waals surface area contributed by atoms with Gasteiger partial charge in [-0.3, -0.25) is 24.7 Å². The topological polar surface area (TPSA) is 102 Å². The molecule has 41 heavy (non-hydrogen) atoms. The molecule has 1 aliphatic heterocycles. The van der Waals surface area contributed by atoms with Crippen LogP contribution in [0, 0.1) is 22.0 Å². The van der Waals surface area contributed by atoms with Crippen molar-refractivity contribution in [2.45, 2.75) is 18.3 Å². The van der Waals surface area contributed by atoms with E-state index in [1.165, 1.54) is 11.0 Å². The predicted molar refractivity (Wildman–Crippen MR) is 154 cm³/mol. The molecule has 0 saturated carbocycles. The lowest BCUT2D eigenvalue weighted by atomic mass is 9.47. The van der Waals surface area contributed by atoms with Gasteiger partial charge in [-0.2, -0.15) is 0 Å². The van der Waals surface area contributed by atoms with E-state index in [4.69, 9.17) is 9.73 Å². The maximum Gasteiger partial charge on any atom is 0.294 e. The second-order valence-corrected chi connectivity index (χ2v) is 10.5. The number of imide groups is 1. The van der Waals surface area contributed by atoms with Crippen LogP contribution >= 0.6 is 0 Å². The first-order valence-electron chi connectivity index (χ1n) is 13.6. The highest BCUT2D eigenvalue weighted by molar-refractivity contribution is 6.25. The minimum absolute atomic E-state index is 0.132. The lowest BCUT2D eigenvalue weighted by Crippen LogP contribution is -2.54. The molecule has 1 saturated heterocycles. The van der Waals surface area contributed by atoms with Gasteiger partial charge in [0.25, 0.3) is 5.69 Å². The smallest absolute Gasteiger partial charge is 0.294 e. The number of ether oxygens (including phenoxy) is 1. The molecule has 0 radical (unpaired) electrons. The predicted octanol–water partition coefficient (Wildman–Crippen LogP) is 5.95. The van der Waals surface area contributed by atoms with Crippen molar-refractivity contribution in [2.24, 2.45) is 16.8 Å². The number of amides is 2. The van der Waals surface area contributed by atoms with Crippen LogP contribution in [-0.2, 0) is 15.0 Å². The molecule has 4 aromatic rings. The maximum atomic E-state index is 14.5. The summed E-state index contributed by atoms with van der Waals surface area (Å²) in [6, 6.07) is 29.0. The number of hydrogen-bond acceptors (Lipinski definition) is 6. The van der Waals surface area contributed by atoms with Crippen LogP contribution in [0.1, 0.15) is 35.1 Å². The number of carbonyl (C=O) groups is 2. The molecule has 8 rings (SSSR count). The van der Waals surface area contributed by atoms with Crippen molar-refractivity contribution < 1.29 is 19.2 Å². The SMILES string of the molecule is CCOc1ccc(N2C(=O)[C@@H]3C4c5ccccc5C(C=Nc5ccccc5[N+](=O)[O-])(c5ccccc54)[C@H]3C2=O)cc1. The van der Waals surface area contributed by atoms with E-state index in [1.807, 2.05) is 55.5 Å². The van der Waals surface area contributed by atoms with E-state index in [-0.39, 0.29) is 29.1 Å². The third-order valence-electron chi connectivity index (χ3n) is 8.58. The number of benzene rings is 4. The minimum Gasteiger partial charge on any atom is -0.494 e. The zero-order chi connectivity index (χ0) is 28.3. The first-order chi connectivity index (χ1) is 20.0. The molecule has 0 aromatic heterocycles. The Labute approximate surface area is 236 Å². The average molecular weight is 544 g/mol. The van der Waals surface area contributed by atoms with Gasteiger partial charge in [0.1, 0.15) is 11.4 Å². The highest BCUT2D eigenvalue weighted by Gasteiger charge is 2.68. The van der Waals surface area contributed by atoms with Gasteiger partial charge in [-0.25, -0.2) is 4.90 Å². The molecular weight excluding hydrogens is 518 g/mol. The minimum atomic E-state index is -1.11. The molecule has 8 heteroatoms. The van der Waals surface area contributed by atoms with Gasteiger partial charge in [0, 0.05) is 18.2 Å². The fourth-order valence-electron chi connectivity index (χ4n) is 7.06. The Bertz CT molecular complexity index is 1720. The Balaban J connectivity index is 1.46. The van der Waals surface area contributed by atoms with Crippen molar-refractivity contribution in [2.75, 3.05) is 11.5 Å². The summed E-state index contributed by atoms with van der Waals surface area (Å²) < 4.78 is 5.56. The van der Waals surface area contributed by atoms with E-state index in [2.05, 4.69) is 0 Å². The number of rotatable bonds is 6.